The lowest BCUT2D eigenvalue weighted by atomic mass is 10.1. The number of fused-ring (bicyclic) bond motifs is 1. The zero-order valence-electron chi connectivity index (χ0n) is 12.0. The molecule has 3 nitrogen and oxygen atoms in total. The summed E-state index contributed by atoms with van der Waals surface area (Å²) in [6, 6.07) is 13.8. The first-order valence-electron chi connectivity index (χ1n) is 7.00. The summed E-state index contributed by atoms with van der Waals surface area (Å²) in [5.74, 6) is 0.182. The van der Waals surface area contributed by atoms with Crippen LogP contribution >= 0.6 is 0 Å². The maximum atomic E-state index is 12.3. The standard InChI is InChI=1S/C17H19N2O/c1-13-8-9-16-14(2)18(10-11-19(13)16)12-17(20)15-6-4-3-5-7-15/h3-9H,10-12H2,1-2H3/q+1. The lowest BCUT2D eigenvalue weighted by Crippen LogP contribution is -2.35. The predicted octanol–water partition coefficient (Wildman–Crippen LogP) is 2.51. The van der Waals surface area contributed by atoms with Gasteiger partial charge in [0.15, 0.2) is 12.3 Å². The van der Waals surface area contributed by atoms with Crippen LogP contribution in [0, 0.1) is 6.92 Å². The lowest BCUT2D eigenvalue weighted by Gasteiger charge is -2.17. The van der Waals surface area contributed by atoms with Crippen molar-refractivity contribution < 1.29 is 9.37 Å². The molecule has 0 fully saturated rings. The molecule has 102 valence electrons. The molecule has 3 heteroatoms. The van der Waals surface area contributed by atoms with E-state index in [1.54, 1.807) is 0 Å². The number of carbonyl (C=O) groups is 1. The van der Waals surface area contributed by atoms with Gasteiger partial charge in [0.2, 0.25) is 12.3 Å². The highest BCUT2D eigenvalue weighted by molar-refractivity contribution is 5.99. The Morgan fingerprint density at radius 1 is 1.15 bits per heavy atom. The van der Waals surface area contributed by atoms with E-state index in [-0.39, 0.29) is 5.78 Å². The topological polar surface area (TPSA) is 25.0 Å². The Bertz CT molecular complexity index is 680. The van der Waals surface area contributed by atoms with Crippen LogP contribution in [0.3, 0.4) is 0 Å². The number of benzene rings is 1. The molecule has 0 N–H and O–H groups in total. The Hall–Kier alpha value is -2.16. The average molecular weight is 267 g/mol. The monoisotopic (exact) mass is 267 g/mol. The number of carbonyl (C=O) groups excluding carboxylic acids is 1. The molecule has 0 saturated carbocycles. The third-order valence-electron chi connectivity index (χ3n) is 4.07. The Labute approximate surface area is 119 Å². The van der Waals surface area contributed by atoms with Gasteiger partial charge in [0.05, 0.1) is 6.54 Å². The Morgan fingerprint density at radius 2 is 1.90 bits per heavy atom. The molecule has 0 amide bonds. The summed E-state index contributed by atoms with van der Waals surface area (Å²) >= 11 is 0. The number of rotatable bonds is 3. The molecule has 0 atom stereocenters. The number of hydrogen-bond acceptors (Lipinski definition) is 1. The second-order valence-corrected chi connectivity index (χ2v) is 5.31. The first-order valence-corrected chi connectivity index (χ1v) is 7.00. The van der Waals surface area contributed by atoms with Crippen LogP contribution in [0.1, 0.15) is 28.7 Å². The molecular formula is C17H19N2O+. The number of hydrogen-bond donors (Lipinski definition) is 0. The third-order valence-corrected chi connectivity index (χ3v) is 4.07. The lowest BCUT2D eigenvalue weighted by molar-refractivity contribution is -0.518. The number of nitrogens with zero attached hydrogens (tertiary/aromatic N) is 2. The van der Waals surface area contributed by atoms with Gasteiger partial charge in [-0.1, -0.05) is 30.3 Å². The molecule has 0 unspecified atom stereocenters. The summed E-state index contributed by atoms with van der Waals surface area (Å²) in [5, 5.41) is 0. The van der Waals surface area contributed by atoms with E-state index in [0.29, 0.717) is 6.54 Å². The van der Waals surface area contributed by atoms with Crippen molar-refractivity contribution in [2.24, 2.45) is 0 Å². The number of Topliss-reactive ketones (excluding diaryl/α,β-unsaturated/α-hetero) is 1. The van der Waals surface area contributed by atoms with Crippen molar-refractivity contribution >= 4 is 11.5 Å². The highest BCUT2D eigenvalue weighted by Crippen LogP contribution is 2.14. The summed E-state index contributed by atoms with van der Waals surface area (Å²) in [6.07, 6.45) is 0. The quantitative estimate of drug-likeness (QED) is 0.619. The molecule has 1 aliphatic rings. The van der Waals surface area contributed by atoms with Crippen LogP contribution in [0.15, 0.2) is 42.5 Å². The van der Waals surface area contributed by atoms with Crippen LogP contribution in [0.2, 0.25) is 0 Å². The Kier molecular flexibility index (Phi) is 3.26. The SMILES string of the molecule is CC1=[N+](CC(=O)c2ccccc2)CCn2c(C)ccc21. The second-order valence-electron chi connectivity index (χ2n) is 5.31. The van der Waals surface area contributed by atoms with Gasteiger partial charge in [-0.15, -0.1) is 0 Å². The van der Waals surface area contributed by atoms with Gasteiger partial charge in [-0.2, -0.15) is 0 Å². The van der Waals surface area contributed by atoms with Gasteiger partial charge in [-0.25, -0.2) is 4.58 Å². The summed E-state index contributed by atoms with van der Waals surface area (Å²) < 4.78 is 4.50. The minimum atomic E-state index is 0.182. The number of aromatic nitrogens is 1. The molecule has 0 aliphatic carbocycles. The van der Waals surface area contributed by atoms with Gasteiger partial charge in [0, 0.05) is 18.2 Å². The Balaban J connectivity index is 1.87. The van der Waals surface area contributed by atoms with Crippen molar-refractivity contribution in [1.29, 1.82) is 0 Å². The molecule has 1 aromatic heterocycles. The second kappa shape index (κ2) is 5.08. The molecule has 3 rings (SSSR count). The largest absolute Gasteiger partial charge is 0.334 e. The fourth-order valence-corrected chi connectivity index (χ4v) is 2.82. The van der Waals surface area contributed by atoms with Crippen molar-refractivity contribution in [1.82, 2.24) is 4.57 Å². The normalized spacial score (nSPS) is 14.3. The minimum Gasteiger partial charge on any atom is -0.334 e. The van der Waals surface area contributed by atoms with Gasteiger partial charge in [0.25, 0.3) is 0 Å². The summed E-state index contributed by atoms with van der Waals surface area (Å²) in [5.41, 5.74) is 4.49. The van der Waals surface area contributed by atoms with Crippen molar-refractivity contribution in [3.63, 3.8) is 0 Å². The van der Waals surface area contributed by atoms with E-state index in [1.165, 1.54) is 17.1 Å². The van der Waals surface area contributed by atoms with Crippen molar-refractivity contribution in [3.05, 3.63) is 59.4 Å². The summed E-state index contributed by atoms with van der Waals surface area (Å²) in [7, 11) is 0. The number of aryl methyl sites for hydroxylation is 1. The number of ketones is 1. The maximum absolute atomic E-state index is 12.3. The van der Waals surface area contributed by atoms with Gasteiger partial charge < -0.3 is 4.57 Å². The molecule has 1 aromatic carbocycles. The van der Waals surface area contributed by atoms with Crippen LogP contribution in [0.25, 0.3) is 0 Å². The van der Waals surface area contributed by atoms with Gasteiger partial charge in [0.1, 0.15) is 5.69 Å². The molecule has 2 aromatic rings. The molecule has 20 heavy (non-hydrogen) atoms. The van der Waals surface area contributed by atoms with E-state index >= 15 is 0 Å². The van der Waals surface area contributed by atoms with Crippen LogP contribution < -0.4 is 0 Å². The highest BCUT2D eigenvalue weighted by Gasteiger charge is 2.25. The molecule has 0 spiro atoms. The zero-order chi connectivity index (χ0) is 14.1. The first-order chi connectivity index (χ1) is 9.66. The van der Waals surface area contributed by atoms with E-state index in [1.807, 2.05) is 30.3 Å². The van der Waals surface area contributed by atoms with Crippen LogP contribution in [-0.2, 0) is 6.54 Å². The van der Waals surface area contributed by atoms with E-state index in [9.17, 15) is 4.79 Å². The molecule has 1 aliphatic heterocycles. The van der Waals surface area contributed by atoms with E-state index in [4.69, 9.17) is 0 Å². The van der Waals surface area contributed by atoms with Crippen molar-refractivity contribution in [2.45, 2.75) is 20.4 Å². The highest BCUT2D eigenvalue weighted by atomic mass is 16.1. The van der Waals surface area contributed by atoms with Crippen LogP contribution in [0.4, 0.5) is 0 Å². The zero-order valence-corrected chi connectivity index (χ0v) is 12.0. The van der Waals surface area contributed by atoms with Crippen molar-refractivity contribution in [3.8, 4) is 0 Å². The van der Waals surface area contributed by atoms with E-state index < -0.39 is 0 Å². The van der Waals surface area contributed by atoms with Crippen LogP contribution in [0.5, 0.6) is 0 Å². The molecule has 0 bridgehead atoms. The molecular weight excluding hydrogens is 248 g/mol. The summed E-state index contributed by atoms with van der Waals surface area (Å²) in [6.45, 7) is 6.53. The van der Waals surface area contributed by atoms with Crippen LogP contribution in [-0.4, -0.2) is 33.7 Å². The summed E-state index contributed by atoms with van der Waals surface area (Å²) in [4.78, 5) is 12.3. The fraction of sp³-hybridized carbons (Fsp3) is 0.294. The Morgan fingerprint density at radius 3 is 2.65 bits per heavy atom. The molecule has 2 heterocycles. The van der Waals surface area contributed by atoms with Crippen molar-refractivity contribution in [2.75, 3.05) is 13.1 Å². The van der Waals surface area contributed by atoms with Gasteiger partial charge >= 0.3 is 0 Å². The minimum absolute atomic E-state index is 0.182. The molecule has 0 radical (unpaired) electrons. The average Bonchev–Trinajstić information content (AvgIpc) is 2.85. The fourth-order valence-electron chi connectivity index (χ4n) is 2.82. The van der Waals surface area contributed by atoms with E-state index in [0.717, 1.165) is 18.7 Å². The maximum Gasteiger partial charge on any atom is 0.227 e. The van der Waals surface area contributed by atoms with Gasteiger partial charge in [-0.3, -0.25) is 4.79 Å². The smallest absolute Gasteiger partial charge is 0.227 e. The predicted molar refractivity (Wildman–Crippen MR) is 79.7 cm³/mol. The molecule has 0 saturated heterocycles. The van der Waals surface area contributed by atoms with E-state index in [2.05, 4.69) is 35.1 Å². The van der Waals surface area contributed by atoms with Gasteiger partial charge in [-0.05, 0) is 19.1 Å². The third kappa shape index (κ3) is 2.20. The first kappa shape index (κ1) is 12.9.